The van der Waals surface area contributed by atoms with Crippen LogP contribution >= 0.6 is 23.5 Å². The number of aromatic nitrogens is 3. The zero-order valence-electron chi connectivity index (χ0n) is 17.0. The van der Waals surface area contributed by atoms with Crippen molar-refractivity contribution in [2.24, 2.45) is 0 Å². The molecule has 0 aliphatic rings. The standard InChI is InChI=1S/C22H21N5O2S2/c1-14-17(12-13-29-14)20-25-26-22(27(20)23)30-15(2)21(28)24-18-10-6-7-11-19(18)31-16-8-4-3-5-9-16/h3-13,15H,23H2,1-2H3,(H,24,28). The number of nitrogens with two attached hydrogens (primary N) is 1. The Morgan fingerprint density at radius 3 is 2.58 bits per heavy atom. The molecule has 1 atom stereocenters. The maximum atomic E-state index is 12.9. The van der Waals surface area contributed by atoms with Crippen molar-refractivity contribution in [3.8, 4) is 11.4 Å². The Morgan fingerprint density at radius 2 is 1.84 bits per heavy atom. The molecule has 2 heterocycles. The number of aryl methyl sites for hydroxylation is 1. The van der Waals surface area contributed by atoms with Gasteiger partial charge in [0.1, 0.15) is 5.76 Å². The number of carbonyl (C=O) groups is 1. The van der Waals surface area contributed by atoms with E-state index in [1.165, 1.54) is 16.4 Å². The van der Waals surface area contributed by atoms with E-state index in [0.717, 1.165) is 21.0 Å². The van der Waals surface area contributed by atoms with E-state index in [1.54, 1.807) is 24.1 Å². The van der Waals surface area contributed by atoms with Gasteiger partial charge in [0.15, 0.2) is 5.82 Å². The quantitative estimate of drug-likeness (QED) is 0.307. The first-order valence-corrected chi connectivity index (χ1v) is 11.3. The van der Waals surface area contributed by atoms with Gasteiger partial charge in [0.2, 0.25) is 11.1 Å². The van der Waals surface area contributed by atoms with Gasteiger partial charge in [0.25, 0.3) is 0 Å². The summed E-state index contributed by atoms with van der Waals surface area (Å²) in [6.45, 7) is 3.64. The second-order valence-electron chi connectivity index (χ2n) is 6.73. The lowest BCUT2D eigenvalue weighted by atomic mass is 10.2. The minimum Gasteiger partial charge on any atom is -0.469 e. The lowest BCUT2D eigenvalue weighted by molar-refractivity contribution is -0.115. The topological polar surface area (TPSA) is 99.0 Å². The zero-order valence-corrected chi connectivity index (χ0v) is 18.6. The molecular weight excluding hydrogens is 430 g/mol. The van der Waals surface area contributed by atoms with Gasteiger partial charge in [-0.15, -0.1) is 10.2 Å². The van der Waals surface area contributed by atoms with Gasteiger partial charge in [-0.25, -0.2) is 4.68 Å². The Hall–Kier alpha value is -3.17. The molecule has 0 aliphatic carbocycles. The average molecular weight is 452 g/mol. The number of amides is 1. The Labute approximate surface area is 188 Å². The van der Waals surface area contributed by atoms with Crippen molar-refractivity contribution in [3.63, 3.8) is 0 Å². The normalized spacial score (nSPS) is 11.9. The van der Waals surface area contributed by atoms with Gasteiger partial charge < -0.3 is 15.6 Å². The summed E-state index contributed by atoms with van der Waals surface area (Å²) in [6.07, 6.45) is 1.58. The molecule has 0 saturated heterocycles. The Morgan fingerprint density at radius 1 is 1.10 bits per heavy atom. The third-order valence-corrected chi connectivity index (χ3v) is 6.67. The fourth-order valence-corrected chi connectivity index (χ4v) is 4.57. The molecule has 7 nitrogen and oxygen atoms in total. The highest BCUT2D eigenvalue weighted by Crippen LogP contribution is 2.34. The number of hydrogen-bond donors (Lipinski definition) is 2. The van der Waals surface area contributed by atoms with Crippen LogP contribution in [0.1, 0.15) is 12.7 Å². The van der Waals surface area contributed by atoms with Crippen LogP contribution in [-0.2, 0) is 4.79 Å². The molecule has 0 radical (unpaired) electrons. The molecule has 3 N–H and O–H groups in total. The molecule has 4 aromatic rings. The summed E-state index contributed by atoms with van der Waals surface area (Å²) in [7, 11) is 0. The van der Waals surface area contributed by atoms with Crippen LogP contribution in [0, 0.1) is 6.92 Å². The highest BCUT2D eigenvalue weighted by atomic mass is 32.2. The molecule has 1 unspecified atom stereocenters. The minimum atomic E-state index is -0.431. The van der Waals surface area contributed by atoms with E-state index >= 15 is 0 Å². The molecule has 4 rings (SSSR count). The molecule has 158 valence electrons. The molecule has 31 heavy (non-hydrogen) atoms. The van der Waals surface area contributed by atoms with E-state index in [0.29, 0.717) is 16.7 Å². The van der Waals surface area contributed by atoms with Crippen LogP contribution in [0.5, 0.6) is 0 Å². The third kappa shape index (κ3) is 4.78. The molecule has 1 amide bonds. The molecule has 0 fully saturated rings. The lowest BCUT2D eigenvalue weighted by Gasteiger charge is -2.14. The summed E-state index contributed by atoms with van der Waals surface area (Å²) in [5, 5.41) is 11.3. The zero-order chi connectivity index (χ0) is 21.8. The van der Waals surface area contributed by atoms with Crippen LogP contribution in [0.15, 0.2) is 86.3 Å². The summed E-state index contributed by atoms with van der Waals surface area (Å²) in [4.78, 5) is 14.9. The van der Waals surface area contributed by atoms with Crippen molar-refractivity contribution < 1.29 is 9.21 Å². The van der Waals surface area contributed by atoms with E-state index in [2.05, 4.69) is 15.5 Å². The van der Waals surface area contributed by atoms with Gasteiger partial charge in [-0.05, 0) is 44.2 Å². The van der Waals surface area contributed by atoms with Crippen LogP contribution < -0.4 is 11.2 Å². The number of nitrogen functional groups attached to an aromatic ring is 1. The number of thioether (sulfide) groups is 1. The number of para-hydroxylation sites is 1. The summed E-state index contributed by atoms with van der Waals surface area (Å²) >= 11 is 2.85. The van der Waals surface area contributed by atoms with Crippen molar-refractivity contribution in [3.05, 3.63) is 72.7 Å². The molecule has 0 aliphatic heterocycles. The molecule has 2 aromatic heterocycles. The van der Waals surface area contributed by atoms with Crippen LogP contribution in [-0.4, -0.2) is 26.0 Å². The largest absolute Gasteiger partial charge is 0.469 e. The maximum Gasteiger partial charge on any atom is 0.237 e. The maximum absolute atomic E-state index is 12.9. The summed E-state index contributed by atoms with van der Waals surface area (Å²) < 4.78 is 6.69. The van der Waals surface area contributed by atoms with Crippen molar-refractivity contribution in [1.82, 2.24) is 14.9 Å². The molecule has 0 spiro atoms. The lowest BCUT2D eigenvalue weighted by Crippen LogP contribution is -2.24. The van der Waals surface area contributed by atoms with Crippen molar-refractivity contribution >= 4 is 35.1 Å². The van der Waals surface area contributed by atoms with E-state index in [4.69, 9.17) is 10.3 Å². The first-order valence-electron chi connectivity index (χ1n) is 9.57. The molecule has 2 aromatic carbocycles. The summed E-state index contributed by atoms with van der Waals surface area (Å²) in [5.74, 6) is 7.22. The molecule has 9 heteroatoms. The smallest absolute Gasteiger partial charge is 0.237 e. The number of benzene rings is 2. The molecule has 0 saturated carbocycles. The van der Waals surface area contributed by atoms with Gasteiger partial charge in [-0.1, -0.05) is 53.9 Å². The average Bonchev–Trinajstić information content (AvgIpc) is 3.35. The van der Waals surface area contributed by atoms with Gasteiger partial charge in [0.05, 0.1) is 22.8 Å². The fourth-order valence-electron chi connectivity index (χ4n) is 2.88. The second kappa shape index (κ2) is 9.32. The Kier molecular flexibility index (Phi) is 6.34. The number of hydrogen-bond acceptors (Lipinski definition) is 7. The minimum absolute atomic E-state index is 0.143. The van der Waals surface area contributed by atoms with Crippen molar-refractivity contribution in [1.29, 1.82) is 0 Å². The fraction of sp³-hybridized carbons (Fsp3) is 0.136. The van der Waals surface area contributed by atoms with E-state index in [-0.39, 0.29) is 5.91 Å². The van der Waals surface area contributed by atoms with Crippen LogP contribution in [0.25, 0.3) is 11.4 Å². The predicted molar refractivity (Wildman–Crippen MR) is 124 cm³/mol. The first kappa shape index (κ1) is 21.1. The van der Waals surface area contributed by atoms with Crippen LogP contribution in [0.2, 0.25) is 0 Å². The second-order valence-corrected chi connectivity index (χ2v) is 9.15. The van der Waals surface area contributed by atoms with Crippen LogP contribution in [0.4, 0.5) is 5.69 Å². The van der Waals surface area contributed by atoms with E-state index < -0.39 is 5.25 Å². The molecular formula is C22H21N5O2S2. The number of nitrogens with zero attached hydrogens (tertiary/aromatic N) is 3. The number of carbonyl (C=O) groups excluding carboxylic acids is 1. The Bertz CT molecular complexity index is 1190. The first-order chi connectivity index (χ1) is 15.0. The number of rotatable bonds is 7. The highest BCUT2D eigenvalue weighted by molar-refractivity contribution is 8.00. The number of nitrogens with one attached hydrogen (secondary N) is 1. The number of anilines is 1. The summed E-state index contributed by atoms with van der Waals surface area (Å²) in [5.41, 5.74) is 1.53. The van der Waals surface area contributed by atoms with Gasteiger partial charge >= 0.3 is 0 Å². The van der Waals surface area contributed by atoms with Crippen molar-refractivity contribution in [2.45, 2.75) is 34.0 Å². The van der Waals surface area contributed by atoms with Crippen molar-refractivity contribution in [2.75, 3.05) is 11.2 Å². The van der Waals surface area contributed by atoms with Gasteiger partial charge in [-0.3, -0.25) is 4.79 Å². The third-order valence-electron chi connectivity index (χ3n) is 4.53. The Balaban J connectivity index is 1.46. The van der Waals surface area contributed by atoms with Crippen LogP contribution in [0.3, 0.4) is 0 Å². The van der Waals surface area contributed by atoms with Gasteiger partial charge in [-0.2, -0.15) is 0 Å². The van der Waals surface area contributed by atoms with E-state index in [9.17, 15) is 4.79 Å². The summed E-state index contributed by atoms with van der Waals surface area (Å²) in [6, 6.07) is 19.6. The predicted octanol–water partition coefficient (Wildman–Crippen LogP) is 4.83. The number of furan rings is 1. The van der Waals surface area contributed by atoms with Gasteiger partial charge in [0, 0.05) is 9.79 Å². The SMILES string of the molecule is Cc1occc1-c1nnc(SC(C)C(=O)Nc2ccccc2Sc2ccccc2)n1N. The highest BCUT2D eigenvalue weighted by Gasteiger charge is 2.22. The monoisotopic (exact) mass is 451 g/mol. The van der Waals surface area contributed by atoms with E-state index in [1.807, 2.05) is 68.4 Å². The molecule has 0 bridgehead atoms.